The van der Waals surface area contributed by atoms with E-state index in [2.05, 4.69) is 30.9 Å². The molecule has 1 aromatic heterocycles. The molecule has 35 heavy (non-hydrogen) atoms. The summed E-state index contributed by atoms with van der Waals surface area (Å²) >= 11 is 0. The van der Waals surface area contributed by atoms with E-state index in [-0.39, 0.29) is 17.2 Å². The molecular formula is C27H33N3O5. The van der Waals surface area contributed by atoms with Gasteiger partial charge in [0.25, 0.3) is 5.91 Å². The van der Waals surface area contributed by atoms with Crippen molar-refractivity contribution >= 4 is 5.91 Å². The molecule has 186 valence electrons. The van der Waals surface area contributed by atoms with Gasteiger partial charge in [0.2, 0.25) is 17.5 Å². The van der Waals surface area contributed by atoms with Crippen LogP contribution in [0.1, 0.15) is 61.3 Å². The van der Waals surface area contributed by atoms with E-state index < -0.39 is 0 Å². The van der Waals surface area contributed by atoms with Gasteiger partial charge in [0.15, 0.2) is 11.5 Å². The SMILES string of the molecule is COc1cc(-c2noc([C@H]3CCCN(C(=O)c4ccc(C(C)(C)C)cc4)C3)n2)cc(OC)c1OC. The smallest absolute Gasteiger partial charge is 0.253 e. The zero-order chi connectivity index (χ0) is 25.2. The van der Waals surface area contributed by atoms with Gasteiger partial charge < -0.3 is 23.6 Å². The van der Waals surface area contributed by atoms with Gasteiger partial charge >= 0.3 is 0 Å². The largest absolute Gasteiger partial charge is 0.493 e. The van der Waals surface area contributed by atoms with Crippen LogP contribution >= 0.6 is 0 Å². The number of likely N-dealkylation sites (tertiary alicyclic amines) is 1. The third kappa shape index (κ3) is 5.11. The van der Waals surface area contributed by atoms with Crippen LogP contribution in [0.25, 0.3) is 11.4 Å². The van der Waals surface area contributed by atoms with Crippen molar-refractivity contribution in [1.29, 1.82) is 0 Å². The molecule has 1 amide bonds. The van der Waals surface area contributed by atoms with E-state index in [1.165, 1.54) is 5.56 Å². The number of benzene rings is 2. The molecule has 1 fully saturated rings. The first kappa shape index (κ1) is 24.6. The Morgan fingerprint density at radius 2 is 1.69 bits per heavy atom. The molecule has 8 heteroatoms. The van der Waals surface area contributed by atoms with Crippen molar-refractivity contribution in [1.82, 2.24) is 15.0 Å². The molecule has 1 atom stereocenters. The zero-order valence-corrected chi connectivity index (χ0v) is 21.3. The Hall–Kier alpha value is -3.55. The number of amides is 1. The maximum atomic E-state index is 13.2. The van der Waals surface area contributed by atoms with Gasteiger partial charge in [0.05, 0.1) is 27.2 Å². The molecule has 1 saturated heterocycles. The lowest BCUT2D eigenvalue weighted by atomic mass is 9.86. The number of aromatic nitrogens is 2. The van der Waals surface area contributed by atoms with E-state index in [0.717, 1.165) is 12.8 Å². The predicted octanol–water partition coefficient (Wildman–Crippen LogP) is 5.08. The minimum atomic E-state index is -0.0233. The van der Waals surface area contributed by atoms with Crippen molar-refractivity contribution in [2.45, 2.75) is 44.9 Å². The number of methoxy groups -OCH3 is 3. The Bertz CT molecular complexity index is 1160. The van der Waals surface area contributed by atoms with Crippen molar-refractivity contribution in [3.8, 4) is 28.6 Å². The fourth-order valence-electron chi connectivity index (χ4n) is 4.39. The first-order valence-electron chi connectivity index (χ1n) is 11.8. The summed E-state index contributed by atoms with van der Waals surface area (Å²) in [5, 5.41) is 4.19. The van der Waals surface area contributed by atoms with Crippen molar-refractivity contribution < 1.29 is 23.5 Å². The van der Waals surface area contributed by atoms with Crippen LogP contribution in [0, 0.1) is 0 Å². The van der Waals surface area contributed by atoms with Gasteiger partial charge in [-0.2, -0.15) is 4.98 Å². The normalized spacial score (nSPS) is 16.2. The number of nitrogens with zero attached hydrogens (tertiary/aromatic N) is 3. The summed E-state index contributed by atoms with van der Waals surface area (Å²) in [6, 6.07) is 11.5. The van der Waals surface area contributed by atoms with Gasteiger partial charge in [-0.3, -0.25) is 4.79 Å². The summed E-state index contributed by atoms with van der Waals surface area (Å²) in [5.74, 6) is 2.49. The number of piperidine rings is 1. The van der Waals surface area contributed by atoms with Crippen molar-refractivity contribution in [3.63, 3.8) is 0 Å². The summed E-state index contributed by atoms with van der Waals surface area (Å²) in [6.45, 7) is 7.74. The average molecular weight is 480 g/mol. The molecule has 0 aliphatic carbocycles. The van der Waals surface area contributed by atoms with E-state index in [1.807, 2.05) is 29.2 Å². The van der Waals surface area contributed by atoms with Crippen molar-refractivity contribution in [2.24, 2.45) is 0 Å². The Morgan fingerprint density at radius 1 is 1.03 bits per heavy atom. The zero-order valence-electron chi connectivity index (χ0n) is 21.3. The van der Waals surface area contributed by atoms with Crippen LogP contribution in [-0.4, -0.2) is 55.4 Å². The third-order valence-corrected chi connectivity index (χ3v) is 6.42. The van der Waals surface area contributed by atoms with E-state index in [1.54, 1.807) is 33.5 Å². The van der Waals surface area contributed by atoms with Crippen LogP contribution in [0.2, 0.25) is 0 Å². The molecule has 0 spiro atoms. The number of carbonyl (C=O) groups excluding carboxylic acids is 1. The number of hydrogen-bond donors (Lipinski definition) is 0. The molecule has 3 aromatic rings. The van der Waals surface area contributed by atoms with Crippen LogP contribution in [-0.2, 0) is 5.41 Å². The van der Waals surface area contributed by atoms with Gasteiger partial charge in [0, 0.05) is 24.2 Å². The molecular weight excluding hydrogens is 446 g/mol. The molecule has 0 N–H and O–H groups in total. The van der Waals surface area contributed by atoms with Gasteiger partial charge in [-0.15, -0.1) is 0 Å². The molecule has 4 rings (SSSR count). The standard InChI is InChI=1S/C27H33N3O5/c1-27(2,3)20-11-9-17(10-12-20)26(31)30-13-7-8-18(16-30)25-28-24(29-35-25)19-14-21(32-4)23(34-6)22(15-19)33-5/h9-12,14-15,18H,7-8,13,16H2,1-6H3/t18-/m0/s1. The second kappa shape index (κ2) is 9.98. The Morgan fingerprint density at radius 3 is 2.26 bits per heavy atom. The molecule has 0 radical (unpaired) electrons. The number of carbonyl (C=O) groups is 1. The summed E-state index contributed by atoms with van der Waals surface area (Å²) in [7, 11) is 4.68. The fourth-order valence-corrected chi connectivity index (χ4v) is 4.39. The summed E-state index contributed by atoms with van der Waals surface area (Å²) < 4.78 is 21.9. The quantitative estimate of drug-likeness (QED) is 0.487. The minimum Gasteiger partial charge on any atom is -0.493 e. The predicted molar refractivity (Wildman–Crippen MR) is 132 cm³/mol. The molecule has 1 aliphatic rings. The molecule has 2 aromatic carbocycles. The molecule has 0 bridgehead atoms. The lowest BCUT2D eigenvalue weighted by molar-refractivity contribution is 0.0695. The van der Waals surface area contributed by atoms with Gasteiger partial charge in [-0.25, -0.2) is 0 Å². The van der Waals surface area contributed by atoms with E-state index in [0.29, 0.717) is 53.2 Å². The molecule has 8 nitrogen and oxygen atoms in total. The Labute approximate surface area is 206 Å². The van der Waals surface area contributed by atoms with E-state index >= 15 is 0 Å². The summed E-state index contributed by atoms with van der Waals surface area (Å²) in [5.41, 5.74) is 2.64. The number of hydrogen-bond acceptors (Lipinski definition) is 7. The van der Waals surface area contributed by atoms with Crippen LogP contribution in [0.4, 0.5) is 0 Å². The molecule has 0 saturated carbocycles. The molecule has 1 aliphatic heterocycles. The average Bonchev–Trinajstić information content (AvgIpc) is 3.37. The Balaban J connectivity index is 1.52. The second-order valence-electron chi connectivity index (χ2n) is 9.79. The van der Waals surface area contributed by atoms with Gasteiger partial charge in [-0.05, 0) is 48.1 Å². The van der Waals surface area contributed by atoms with Gasteiger partial charge in [0.1, 0.15) is 0 Å². The fraction of sp³-hybridized carbons (Fsp3) is 0.444. The van der Waals surface area contributed by atoms with Gasteiger partial charge in [-0.1, -0.05) is 38.1 Å². The topological polar surface area (TPSA) is 86.9 Å². The highest BCUT2D eigenvalue weighted by Crippen LogP contribution is 2.41. The van der Waals surface area contributed by atoms with Crippen molar-refractivity contribution in [2.75, 3.05) is 34.4 Å². The van der Waals surface area contributed by atoms with Crippen LogP contribution in [0.5, 0.6) is 17.2 Å². The first-order chi connectivity index (χ1) is 16.7. The number of rotatable bonds is 6. The van der Waals surface area contributed by atoms with Crippen molar-refractivity contribution in [3.05, 3.63) is 53.4 Å². The highest BCUT2D eigenvalue weighted by atomic mass is 16.5. The van der Waals surface area contributed by atoms with E-state index in [4.69, 9.17) is 18.7 Å². The molecule has 0 unspecified atom stereocenters. The third-order valence-electron chi connectivity index (χ3n) is 6.42. The minimum absolute atomic E-state index is 0.0233. The van der Waals surface area contributed by atoms with Crippen LogP contribution in [0.3, 0.4) is 0 Å². The monoisotopic (exact) mass is 479 g/mol. The maximum absolute atomic E-state index is 13.2. The summed E-state index contributed by atoms with van der Waals surface area (Å²) in [6.07, 6.45) is 1.75. The highest BCUT2D eigenvalue weighted by Gasteiger charge is 2.30. The number of ether oxygens (including phenoxy) is 3. The highest BCUT2D eigenvalue weighted by molar-refractivity contribution is 5.94. The van der Waals surface area contributed by atoms with E-state index in [9.17, 15) is 4.79 Å². The van der Waals surface area contributed by atoms with Crippen LogP contribution < -0.4 is 14.2 Å². The first-order valence-corrected chi connectivity index (χ1v) is 11.8. The summed E-state index contributed by atoms with van der Waals surface area (Å²) in [4.78, 5) is 19.7. The second-order valence-corrected chi connectivity index (χ2v) is 9.79. The maximum Gasteiger partial charge on any atom is 0.253 e. The molecule has 2 heterocycles. The Kier molecular flexibility index (Phi) is 7.00. The lowest BCUT2D eigenvalue weighted by Crippen LogP contribution is -2.39. The van der Waals surface area contributed by atoms with Crippen LogP contribution in [0.15, 0.2) is 40.9 Å². The lowest BCUT2D eigenvalue weighted by Gasteiger charge is -2.31.